The lowest BCUT2D eigenvalue weighted by Crippen LogP contribution is -2.22. The molecule has 2 aromatic carbocycles. The lowest BCUT2D eigenvalue weighted by Gasteiger charge is -2.10. The van der Waals surface area contributed by atoms with Crippen LogP contribution < -0.4 is 10.1 Å². The number of amides is 1. The van der Waals surface area contributed by atoms with Crippen molar-refractivity contribution < 1.29 is 13.9 Å². The number of halogens is 1. The first-order valence-electron chi connectivity index (χ1n) is 7.40. The van der Waals surface area contributed by atoms with Crippen molar-refractivity contribution >= 4 is 5.91 Å². The Morgan fingerprint density at radius 3 is 2.96 bits per heavy atom. The van der Waals surface area contributed by atoms with Crippen LogP contribution in [0.3, 0.4) is 0 Å². The van der Waals surface area contributed by atoms with Crippen molar-refractivity contribution in [2.75, 3.05) is 6.54 Å². The molecule has 0 saturated carbocycles. The Balaban J connectivity index is 1.75. The first-order valence-corrected chi connectivity index (χ1v) is 7.40. The molecule has 1 amide bonds. The van der Waals surface area contributed by atoms with Gasteiger partial charge in [-0.25, -0.2) is 4.39 Å². The number of rotatable bonds is 3. The molecule has 1 heterocycles. The van der Waals surface area contributed by atoms with Gasteiger partial charge in [-0.1, -0.05) is 6.07 Å². The Bertz CT molecular complexity index is 796. The third-order valence-corrected chi connectivity index (χ3v) is 3.79. The fraction of sp³-hybridized carbons (Fsp3) is 0.222. The quantitative estimate of drug-likeness (QED) is 0.948. The smallest absolute Gasteiger partial charge is 0.251 e. The van der Waals surface area contributed by atoms with Gasteiger partial charge >= 0.3 is 0 Å². The normalized spacial score (nSPS) is 13.5. The number of carbonyl (C=O) groups is 1. The number of carbonyl (C=O) groups excluding carboxylic acids is 1. The molecule has 0 unspecified atom stereocenters. The molecule has 0 bridgehead atoms. The maximum atomic E-state index is 13.3. The predicted molar refractivity (Wildman–Crippen MR) is 82.5 cm³/mol. The molecule has 1 aliphatic heterocycles. The molecule has 1 N–H and O–H groups in total. The van der Waals surface area contributed by atoms with Crippen LogP contribution in [0, 0.1) is 17.1 Å². The molecule has 5 heteroatoms. The highest BCUT2D eigenvalue weighted by molar-refractivity contribution is 5.96. The molecule has 0 fully saturated rings. The number of fused-ring (bicyclic) bond motifs is 1. The average Bonchev–Trinajstić information content (AvgIpc) is 2.75. The molecule has 0 aliphatic carbocycles. The summed E-state index contributed by atoms with van der Waals surface area (Å²) in [5, 5.41) is 11.7. The molecule has 23 heavy (non-hydrogen) atoms. The summed E-state index contributed by atoms with van der Waals surface area (Å²) in [6.45, 7) is 0.913. The van der Waals surface area contributed by atoms with E-state index >= 15 is 0 Å². The zero-order chi connectivity index (χ0) is 16.2. The third-order valence-electron chi connectivity index (χ3n) is 3.79. The number of hydrogen-bond acceptors (Lipinski definition) is 3. The van der Waals surface area contributed by atoms with E-state index in [-0.39, 0.29) is 18.1 Å². The monoisotopic (exact) mass is 310 g/mol. The van der Waals surface area contributed by atoms with E-state index in [0.29, 0.717) is 17.9 Å². The number of hydrogen-bond donors (Lipinski definition) is 1. The summed E-state index contributed by atoms with van der Waals surface area (Å²) in [5.74, 6) is 0.0647. The largest absolute Gasteiger partial charge is 0.489 e. The Hall–Kier alpha value is -2.87. The van der Waals surface area contributed by atoms with Gasteiger partial charge in [0.15, 0.2) is 0 Å². The number of nitrogens with zero attached hydrogens (tertiary/aromatic N) is 1. The van der Waals surface area contributed by atoms with Crippen LogP contribution in [0.2, 0.25) is 0 Å². The van der Waals surface area contributed by atoms with Crippen molar-refractivity contribution in [1.29, 1.82) is 5.26 Å². The van der Waals surface area contributed by atoms with E-state index in [2.05, 4.69) is 5.32 Å². The van der Waals surface area contributed by atoms with Crippen LogP contribution in [0.4, 0.5) is 4.39 Å². The molecular weight excluding hydrogens is 295 g/mol. The average molecular weight is 310 g/mol. The second-order valence-corrected chi connectivity index (χ2v) is 5.39. The highest BCUT2D eigenvalue weighted by Crippen LogP contribution is 2.22. The molecule has 3 rings (SSSR count). The van der Waals surface area contributed by atoms with Crippen molar-refractivity contribution in [3.05, 3.63) is 64.5 Å². The topological polar surface area (TPSA) is 62.1 Å². The second kappa shape index (κ2) is 6.49. The van der Waals surface area contributed by atoms with Crippen molar-refractivity contribution in [1.82, 2.24) is 5.32 Å². The van der Waals surface area contributed by atoms with Crippen LogP contribution in [0.5, 0.6) is 5.75 Å². The number of nitrogens with one attached hydrogen (secondary N) is 1. The summed E-state index contributed by atoms with van der Waals surface area (Å²) in [5.41, 5.74) is 2.37. The van der Waals surface area contributed by atoms with E-state index in [1.54, 1.807) is 18.2 Å². The zero-order valence-corrected chi connectivity index (χ0v) is 12.4. The van der Waals surface area contributed by atoms with E-state index in [1.807, 2.05) is 12.1 Å². The van der Waals surface area contributed by atoms with Gasteiger partial charge in [0.05, 0.1) is 5.56 Å². The number of nitriles is 1. The van der Waals surface area contributed by atoms with Gasteiger partial charge < -0.3 is 10.1 Å². The summed E-state index contributed by atoms with van der Waals surface area (Å²) >= 11 is 0. The van der Waals surface area contributed by atoms with Gasteiger partial charge in [-0.3, -0.25) is 4.79 Å². The van der Waals surface area contributed by atoms with Crippen molar-refractivity contribution in [3.63, 3.8) is 0 Å². The second-order valence-electron chi connectivity index (χ2n) is 5.39. The maximum Gasteiger partial charge on any atom is 0.251 e. The lowest BCUT2D eigenvalue weighted by atomic mass is 10.0. The van der Waals surface area contributed by atoms with Gasteiger partial charge in [0.25, 0.3) is 5.91 Å². The Labute approximate surface area is 133 Å². The predicted octanol–water partition coefficient (Wildman–Crippen LogP) is 2.95. The first kappa shape index (κ1) is 15.0. The highest BCUT2D eigenvalue weighted by Gasteiger charge is 2.15. The standard InChI is InChI=1S/C18H15FN2O2/c19-17-6-3-12(8-14(17)10-20)11-23-15-4-5-16-13(9-15)2-1-7-21-18(16)22/h3-6,8-9H,1-2,7,11H2,(H,21,22). The van der Waals surface area contributed by atoms with E-state index < -0.39 is 5.82 Å². The Morgan fingerprint density at radius 1 is 1.26 bits per heavy atom. The fourth-order valence-electron chi connectivity index (χ4n) is 2.58. The SMILES string of the molecule is N#Cc1cc(COc2ccc3c(c2)CCCNC3=O)ccc1F. The van der Waals surface area contributed by atoms with Crippen LogP contribution in [0.15, 0.2) is 36.4 Å². The van der Waals surface area contributed by atoms with E-state index in [1.165, 1.54) is 12.1 Å². The molecule has 0 spiro atoms. The van der Waals surface area contributed by atoms with Crippen LogP contribution in [-0.4, -0.2) is 12.5 Å². The zero-order valence-electron chi connectivity index (χ0n) is 12.4. The van der Waals surface area contributed by atoms with Crippen LogP contribution >= 0.6 is 0 Å². The van der Waals surface area contributed by atoms with Gasteiger partial charge in [-0.15, -0.1) is 0 Å². The first-order chi connectivity index (χ1) is 11.2. The third kappa shape index (κ3) is 3.32. The van der Waals surface area contributed by atoms with Crippen molar-refractivity contribution in [3.8, 4) is 11.8 Å². The summed E-state index contributed by atoms with van der Waals surface area (Å²) in [6, 6.07) is 11.5. The van der Waals surface area contributed by atoms with Crippen LogP contribution in [-0.2, 0) is 13.0 Å². The van der Waals surface area contributed by atoms with E-state index in [4.69, 9.17) is 10.00 Å². The van der Waals surface area contributed by atoms with Crippen LogP contribution in [0.25, 0.3) is 0 Å². The minimum absolute atomic E-state index is 0.00435. The van der Waals surface area contributed by atoms with Gasteiger partial charge in [-0.2, -0.15) is 5.26 Å². The van der Waals surface area contributed by atoms with Crippen LogP contribution in [0.1, 0.15) is 33.5 Å². The molecular formula is C18H15FN2O2. The van der Waals surface area contributed by atoms with Crippen molar-refractivity contribution in [2.24, 2.45) is 0 Å². The number of benzene rings is 2. The summed E-state index contributed by atoms with van der Waals surface area (Å²) < 4.78 is 19.0. The van der Waals surface area contributed by atoms with Gasteiger partial charge in [-0.05, 0) is 54.3 Å². The molecule has 0 aromatic heterocycles. The summed E-state index contributed by atoms with van der Waals surface area (Å²) in [6.07, 6.45) is 1.71. The lowest BCUT2D eigenvalue weighted by molar-refractivity contribution is 0.0956. The minimum atomic E-state index is -0.535. The Morgan fingerprint density at radius 2 is 2.13 bits per heavy atom. The minimum Gasteiger partial charge on any atom is -0.489 e. The molecule has 4 nitrogen and oxygen atoms in total. The summed E-state index contributed by atoms with van der Waals surface area (Å²) in [7, 11) is 0. The molecule has 1 aliphatic rings. The fourth-order valence-corrected chi connectivity index (χ4v) is 2.58. The Kier molecular flexibility index (Phi) is 4.24. The van der Waals surface area contributed by atoms with Crippen molar-refractivity contribution in [2.45, 2.75) is 19.4 Å². The molecule has 116 valence electrons. The molecule has 0 radical (unpaired) electrons. The maximum absolute atomic E-state index is 13.3. The number of ether oxygens (including phenoxy) is 1. The van der Waals surface area contributed by atoms with Gasteiger partial charge in [0.1, 0.15) is 24.2 Å². The van der Waals surface area contributed by atoms with E-state index in [9.17, 15) is 9.18 Å². The molecule has 2 aromatic rings. The molecule has 0 atom stereocenters. The van der Waals surface area contributed by atoms with E-state index in [0.717, 1.165) is 24.0 Å². The number of aryl methyl sites for hydroxylation is 1. The highest BCUT2D eigenvalue weighted by atomic mass is 19.1. The summed E-state index contributed by atoms with van der Waals surface area (Å²) in [4.78, 5) is 11.9. The molecule has 0 saturated heterocycles. The van der Waals surface area contributed by atoms with Gasteiger partial charge in [0, 0.05) is 12.1 Å². The van der Waals surface area contributed by atoms with Gasteiger partial charge in [0.2, 0.25) is 0 Å².